The highest BCUT2D eigenvalue weighted by molar-refractivity contribution is 6.30. The van der Waals surface area contributed by atoms with E-state index in [0.29, 0.717) is 5.02 Å². The summed E-state index contributed by atoms with van der Waals surface area (Å²) >= 11 is 5.87. The van der Waals surface area contributed by atoms with Crippen LogP contribution in [0.1, 0.15) is 27.2 Å². The number of ether oxygens (including phenoxy) is 2. The van der Waals surface area contributed by atoms with E-state index in [4.69, 9.17) is 26.3 Å². The number of rotatable bonds is 7. The monoisotopic (exact) mass is 376 g/mol. The first-order chi connectivity index (χ1) is 12.2. The van der Waals surface area contributed by atoms with Gasteiger partial charge in [-0.1, -0.05) is 25.4 Å². The lowest BCUT2D eigenvalue weighted by Gasteiger charge is -2.35. The Kier molecular flexibility index (Phi) is 5.63. The van der Waals surface area contributed by atoms with E-state index in [1.54, 1.807) is 26.0 Å². The number of aromatic nitrogens is 3. The normalized spacial score (nSPS) is 13.3. The van der Waals surface area contributed by atoms with Crippen LogP contribution in [0, 0.1) is 16.7 Å². The Morgan fingerprint density at radius 3 is 2.46 bits per heavy atom. The van der Waals surface area contributed by atoms with E-state index in [2.05, 4.69) is 10.1 Å². The van der Waals surface area contributed by atoms with E-state index in [1.165, 1.54) is 24.8 Å². The molecule has 0 bridgehead atoms. The summed E-state index contributed by atoms with van der Waals surface area (Å²) in [5.41, 5.74) is -1.19. The first-order valence-corrected chi connectivity index (χ1v) is 8.00. The summed E-state index contributed by atoms with van der Waals surface area (Å²) in [6, 6.07) is 8.10. The van der Waals surface area contributed by atoms with Crippen LogP contribution in [0.5, 0.6) is 5.75 Å². The highest BCUT2D eigenvalue weighted by Crippen LogP contribution is 2.35. The van der Waals surface area contributed by atoms with E-state index in [0.717, 1.165) is 11.6 Å². The summed E-state index contributed by atoms with van der Waals surface area (Å²) in [5.74, 6) is -3.47. The van der Waals surface area contributed by atoms with Gasteiger partial charge in [0.25, 0.3) is 0 Å². The zero-order chi connectivity index (χ0) is 19.4. The number of ketones is 1. The fraction of sp³-hybridized carbons (Fsp3) is 0.353. The lowest BCUT2D eigenvalue weighted by molar-refractivity contribution is -0.238. The number of hydrogen-bond acceptors (Lipinski definition) is 7. The molecule has 0 aliphatic heterocycles. The molecule has 0 spiro atoms. The predicted octanol–water partition coefficient (Wildman–Crippen LogP) is 2.69. The minimum Gasteiger partial charge on any atom is -0.428 e. The van der Waals surface area contributed by atoms with Crippen LogP contribution in [0.25, 0.3) is 0 Å². The number of nitriles is 1. The van der Waals surface area contributed by atoms with Crippen molar-refractivity contribution in [3.63, 3.8) is 0 Å². The van der Waals surface area contributed by atoms with E-state index in [9.17, 15) is 9.59 Å². The molecule has 1 aromatic heterocycles. The largest absolute Gasteiger partial charge is 0.428 e. The molecule has 1 unspecified atom stereocenters. The maximum atomic E-state index is 13.3. The van der Waals surface area contributed by atoms with Crippen LogP contribution in [0.2, 0.25) is 5.02 Å². The highest BCUT2D eigenvalue weighted by atomic mass is 35.5. The number of carbonyl (C=O) groups is 2. The number of carbonyl (C=O) groups excluding carboxylic acids is 2. The van der Waals surface area contributed by atoms with Crippen LogP contribution in [0.3, 0.4) is 0 Å². The molecule has 2 aromatic rings. The fourth-order valence-electron chi connectivity index (χ4n) is 2.23. The standard InChI is InChI=1S/C17H17ClN4O4/c1-12(23)25-17(22-11-20-10-21-22,15(24)16(2,3)8-9-19)26-14-6-4-13(18)5-7-14/h4-7,10-11H,8H2,1-3H3. The van der Waals surface area contributed by atoms with Gasteiger partial charge in [0, 0.05) is 23.8 Å². The van der Waals surface area contributed by atoms with Crippen molar-refractivity contribution in [1.29, 1.82) is 5.26 Å². The van der Waals surface area contributed by atoms with Crippen molar-refractivity contribution >= 4 is 23.4 Å². The van der Waals surface area contributed by atoms with Gasteiger partial charge < -0.3 is 9.47 Å². The lowest BCUT2D eigenvalue weighted by Crippen LogP contribution is -2.55. The van der Waals surface area contributed by atoms with Crippen LogP contribution >= 0.6 is 11.6 Å². The van der Waals surface area contributed by atoms with Crippen LogP contribution in [0.15, 0.2) is 36.9 Å². The molecule has 0 amide bonds. The Balaban J connectivity index is 2.61. The van der Waals surface area contributed by atoms with Gasteiger partial charge in [0.05, 0.1) is 6.07 Å². The lowest BCUT2D eigenvalue weighted by atomic mass is 9.83. The Morgan fingerprint density at radius 1 is 1.31 bits per heavy atom. The maximum Gasteiger partial charge on any atom is 0.425 e. The van der Waals surface area contributed by atoms with Gasteiger partial charge in [0.2, 0.25) is 5.78 Å². The molecule has 1 aromatic carbocycles. The van der Waals surface area contributed by atoms with Crippen LogP contribution < -0.4 is 4.74 Å². The third-order valence-electron chi connectivity index (χ3n) is 3.49. The van der Waals surface area contributed by atoms with Gasteiger partial charge in [-0.3, -0.25) is 9.59 Å². The van der Waals surface area contributed by atoms with Crippen LogP contribution in [-0.2, 0) is 20.2 Å². The molecule has 0 radical (unpaired) electrons. The number of benzene rings is 1. The molecule has 1 heterocycles. The van der Waals surface area contributed by atoms with Gasteiger partial charge in [0.1, 0.15) is 18.4 Å². The topological polar surface area (TPSA) is 107 Å². The number of halogens is 1. The molecule has 0 saturated heterocycles. The summed E-state index contributed by atoms with van der Waals surface area (Å²) < 4.78 is 12.1. The molecule has 0 aliphatic carbocycles. The van der Waals surface area contributed by atoms with Gasteiger partial charge in [0.15, 0.2) is 0 Å². The van der Waals surface area contributed by atoms with Crippen molar-refractivity contribution in [1.82, 2.24) is 14.8 Å². The molecule has 1 atom stereocenters. The number of Topliss-reactive ketones (excluding diaryl/α,β-unsaturated/α-hetero) is 1. The molecule has 0 N–H and O–H groups in total. The fourth-order valence-corrected chi connectivity index (χ4v) is 2.36. The molecule has 136 valence electrons. The molecule has 9 heteroatoms. The van der Waals surface area contributed by atoms with Crippen molar-refractivity contribution in [2.24, 2.45) is 5.41 Å². The van der Waals surface area contributed by atoms with Gasteiger partial charge in [-0.2, -0.15) is 15.0 Å². The molecule has 0 saturated carbocycles. The summed E-state index contributed by atoms with van der Waals surface area (Å²) in [6.07, 6.45) is 2.25. The third kappa shape index (κ3) is 4.00. The van der Waals surface area contributed by atoms with Crippen molar-refractivity contribution in [2.45, 2.75) is 33.1 Å². The van der Waals surface area contributed by atoms with E-state index >= 15 is 0 Å². The second-order valence-corrected chi connectivity index (χ2v) is 6.56. The molecular formula is C17H17ClN4O4. The first kappa shape index (κ1) is 19.4. The number of nitrogens with zero attached hydrogens (tertiary/aromatic N) is 4. The van der Waals surface area contributed by atoms with Crippen LogP contribution in [0.4, 0.5) is 0 Å². The SMILES string of the molecule is CC(=O)OC(Oc1ccc(Cl)cc1)(C(=O)C(C)(C)CC#N)n1cncn1. The third-order valence-corrected chi connectivity index (χ3v) is 3.75. The van der Waals surface area contributed by atoms with Crippen LogP contribution in [-0.4, -0.2) is 26.5 Å². The summed E-state index contributed by atoms with van der Waals surface area (Å²) in [6.45, 7) is 4.25. The number of esters is 1. The molecule has 0 fully saturated rings. The van der Waals surface area contributed by atoms with Crippen molar-refractivity contribution in [3.8, 4) is 11.8 Å². The molecule has 2 rings (SSSR count). The minimum atomic E-state index is -2.25. The second-order valence-electron chi connectivity index (χ2n) is 6.12. The van der Waals surface area contributed by atoms with E-state index in [-0.39, 0.29) is 12.2 Å². The maximum absolute atomic E-state index is 13.3. The average molecular weight is 377 g/mol. The molecule has 26 heavy (non-hydrogen) atoms. The molecular weight excluding hydrogens is 360 g/mol. The molecule has 8 nitrogen and oxygen atoms in total. The Labute approximate surface area is 155 Å². The minimum absolute atomic E-state index is 0.118. The Bertz CT molecular complexity index is 827. The predicted molar refractivity (Wildman–Crippen MR) is 90.9 cm³/mol. The second kappa shape index (κ2) is 7.54. The van der Waals surface area contributed by atoms with Gasteiger partial charge >= 0.3 is 11.9 Å². The Hall–Kier alpha value is -2.92. The summed E-state index contributed by atoms with van der Waals surface area (Å²) in [5, 5.41) is 13.4. The van der Waals surface area contributed by atoms with Crippen molar-refractivity contribution in [2.75, 3.05) is 0 Å². The quantitative estimate of drug-likeness (QED) is 0.540. The molecule has 0 aliphatic rings. The van der Waals surface area contributed by atoms with E-state index in [1.807, 2.05) is 6.07 Å². The average Bonchev–Trinajstić information content (AvgIpc) is 3.10. The number of hydrogen-bond donors (Lipinski definition) is 0. The smallest absolute Gasteiger partial charge is 0.425 e. The highest BCUT2D eigenvalue weighted by Gasteiger charge is 2.54. The van der Waals surface area contributed by atoms with Gasteiger partial charge in [-0.05, 0) is 24.3 Å². The summed E-state index contributed by atoms with van der Waals surface area (Å²) in [4.78, 5) is 28.9. The Morgan fingerprint density at radius 2 is 1.96 bits per heavy atom. The van der Waals surface area contributed by atoms with E-state index < -0.39 is 23.1 Å². The first-order valence-electron chi connectivity index (χ1n) is 7.62. The van der Waals surface area contributed by atoms with Gasteiger partial charge in [-0.25, -0.2) is 4.98 Å². The zero-order valence-corrected chi connectivity index (χ0v) is 15.2. The summed E-state index contributed by atoms with van der Waals surface area (Å²) in [7, 11) is 0. The van der Waals surface area contributed by atoms with Crippen molar-refractivity contribution in [3.05, 3.63) is 41.9 Å². The van der Waals surface area contributed by atoms with Crippen molar-refractivity contribution < 1.29 is 19.1 Å². The zero-order valence-electron chi connectivity index (χ0n) is 14.5. The van der Waals surface area contributed by atoms with Gasteiger partial charge in [-0.15, -0.1) is 0 Å².